The number of carbonyl (C=O) groups excluding carboxylic acids is 2. The second-order valence-electron chi connectivity index (χ2n) is 9.79. The van der Waals surface area contributed by atoms with Crippen LogP contribution in [0.5, 0.6) is 0 Å². The molecule has 0 aliphatic carbocycles. The molecule has 9 N–H and O–H groups in total. The van der Waals surface area contributed by atoms with Gasteiger partial charge in [0.15, 0.2) is 5.82 Å². The number of amides is 1. The van der Waals surface area contributed by atoms with Gasteiger partial charge in [0.1, 0.15) is 12.4 Å². The zero-order valence-electron chi connectivity index (χ0n) is 27.1. The number of halogens is 6. The average Bonchev–Trinajstić information content (AvgIpc) is 3.02. The molecule has 0 spiro atoms. The number of esters is 1. The molecule has 0 bridgehead atoms. The number of nitrogens with two attached hydrogens (primary N) is 2. The molecule has 0 saturated carbocycles. The van der Waals surface area contributed by atoms with Gasteiger partial charge in [-0.2, -0.15) is 26.3 Å². The summed E-state index contributed by atoms with van der Waals surface area (Å²) in [6.07, 6.45) is -3.62. The number of carbonyl (C=O) groups is 4. The maximum absolute atomic E-state index is 13.3. The molecule has 51 heavy (non-hydrogen) atoms. The van der Waals surface area contributed by atoms with E-state index in [1.807, 2.05) is 13.8 Å². The Labute approximate surface area is 285 Å². The maximum atomic E-state index is 13.3. The second kappa shape index (κ2) is 21.7. The summed E-state index contributed by atoms with van der Waals surface area (Å²) in [5.74, 6) is -3.66. The number of alkyl halides is 6. The monoisotopic (exact) mass is 735 g/mol. The van der Waals surface area contributed by atoms with Crippen molar-refractivity contribution in [3.05, 3.63) is 75.7 Å². The SMILES string of the molecule is CCOC(=O)c1cc(N)cc(-c2cnc(NC(C)C)c(=O)n2CC(=O)NCc2ccc(C(=N)N)cc2)c1.FC(F)F.O=C(O)C(F)(F)F.O=CO. The van der Waals surface area contributed by atoms with Crippen LogP contribution < -0.4 is 27.7 Å². The standard InChI is InChI=1S/C26H31N7O4.C2HF3O2.CHF3.CH2O2/c1-4-37-26(36)19-9-18(10-20(27)11-19)21-13-31-24(32-15(2)3)25(35)33(21)14-22(34)30-12-16-5-7-17(8-6-16)23(28)29;3-2(4,5)1(6)7;2-1(3)4;2-1-3/h5-11,13,15H,4,12,14,27H2,1-3H3,(H3,28,29)(H,30,34)(H,31,32);(H,6,7);1H;1H,(H,2,3). The van der Waals surface area contributed by atoms with Gasteiger partial charge in [0, 0.05) is 29.4 Å². The Balaban J connectivity index is 0.00000151. The number of nitrogens with one attached hydrogen (secondary N) is 3. The second-order valence-corrected chi connectivity index (χ2v) is 9.79. The minimum absolute atomic E-state index is 0.0429. The van der Waals surface area contributed by atoms with Crippen LogP contribution in [0.25, 0.3) is 11.3 Å². The number of carboxylic acids is 1. The minimum atomic E-state index is -5.08. The zero-order chi connectivity index (χ0) is 39.5. The van der Waals surface area contributed by atoms with Crippen molar-refractivity contribution in [1.82, 2.24) is 14.9 Å². The molecule has 1 aromatic heterocycles. The lowest BCUT2D eigenvalue weighted by atomic mass is 10.1. The van der Waals surface area contributed by atoms with Crippen LogP contribution in [0, 0.1) is 5.41 Å². The molecule has 0 saturated heterocycles. The third-order valence-electron chi connectivity index (χ3n) is 5.54. The van der Waals surface area contributed by atoms with E-state index in [4.69, 9.17) is 41.4 Å². The van der Waals surface area contributed by atoms with E-state index in [9.17, 15) is 40.7 Å². The Morgan fingerprint density at radius 1 is 1.08 bits per heavy atom. The molecule has 3 rings (SSSR count). The van der Waals surface area contributed by atoms with E-state index >= 15 is 0 Å². The molecule has 280 valence electrons. The topological polar surface area (TPSA) is 253 Å². The third kappa shape index (κ3) is 17.2. The Kier molecular flexibility index (Phi) is 19.1. The van der Waals surface area contributed by atoms with E-state index in [0.717, 1.165) is 5.56 Å². The summed E-state index contributed by atoms with van der Waals surface area (Å²) in [7, 11) is 0. The number of carboxylic acid groups (broad SMARTS) is 2. The van der Waals surface area contributed by atoms with Crippen molar-refractivity contribution in [3.8, 4) is 11.3 Å². The summed E-state index contributed by atoms with van der Waals surface area (Å²) in [5.41, 5.74) is 13.7. The lowest BCUT2D eigenvalue weighted by Crippen LogP contribution is -2.35. The fourth-order valence-corrected chi connectivity index (χ4v) is 3.58. The number of rotatable bonds is 10. The number of ether oxygens (including phenoxy) is 1. The van der Waals surface area contributed by atoms with Gasteiger partial charge in [0.25, 0.3) is 12.0 Å². The first-order valence-electron chi connectivity index (χ1n) is 14.1. The molecule has 1 amide bonds. The first kappa shape index (κ1) is 44.8. The maximum Gasteiger partial charge on any atom is 0.490 e. The van der Waals surface area contributed by atoms with Gasteiger partial charge >= 0.3 is 24.8 Å². The van der Waals surface area contributed by atoms with Gasteiger partial charge in [-0.05, 0) is 44.5 Å². The van der Waals surface area contributed by atoms with E-state index in [2.05, 4.69) is 15.6 Å². The summed E-state index contributed by atoms with van der Waals surface area (Å²) in [5, 5.41) is 27.3. The lowest BCUT2D eigenvalue weighted by molar-refractivity contribution is -0.192. The summed E-state index contributed by atoms with van der Waals surface area (Å²) in [6.45, 7) is 1.64. The number of aliphatic carboxylic acids is 1. The fraction of sp³-hybridized carbons (Fsp3) is 0.300. The summed E-state index contributed by atoms with van der Waals surface area (Å²) < 4.78 is 67.1. The molecule has 0 fully saturated rings. The van der Waals surface area contributed by atoms with E-state index < -0.39 is 36.3 Å². The normalized spacial score (nSPS) is 10.3. The van der Waals surface area contributed by atoms with Crippen LogP contribution in [-0.4, -0.2) is 75.4 Å². The van der Waals surface area contributed by atoms with Crippen molar-refractivity contribution in [2.75, 3.05) is 17.7 Å². The Hall–Kier alpha value is -6.15. The molecule has 3 aromatic rings. The summed E-state index contributed by atoms with van der Waals surface area (Å²) >= 11 is 0. The minimum Gasteiger partial charge on any atom is -0.483 e. The number of aromatic nitrogens is 2. The highest BCUT2D eigenvalue weighted by atomic mass is 19.4. The van der Waals surface area contributed by atoms with Crippen LogP contribution in [-0.2, 0) is 32.2 Å². The molecular formula is C30H35F6N7O8. The van der Waals surface area contributed by atoms with Gasteiger partial charge < -0.3 is 37.1 Å². The molecule has 2 aromatic carbocycles. The van der Waals surface area contributed by atoms with Gasteiger partial charge in [-0.15, -0.1) is 0 Å². The summed E-state index contributed by atoms with van der Waals surface area (Å²) in [4.78, 5) is 60.0. The largest absolute Gasteiger partial charge is 0.490 e. The smallest absolute Gasteiger partial charge is 0.483 e. The molecule has 15 nitrogen and oxygen atoms in total. The van der Waals surface area contributed by atoms with Gasteiger partial charge in [0.05, 0.1) is 24.1 Å². The van der Waals surface area contributed by atoms with Crippen LogP contribution in [0.4, 0.5) is 37.8 Å². The first-order valence-corrected chi connectivity index (χ1v) is 14.1. The molecule has 0 aliphatic heterocycles. The number of nitrogen functional groups attached to an aromatic ring is 2. The molecule has 0 aliphatic rings. The number of benzene rings is 2. The summed E-state index contributed by atoms with van der Waals surface area (Å²) in [6, 6.07) is 11.5. The predicted octanol–water partition coefficient (Wildman–Crippen LogP) is 3.60. The highest BCUT2D eigenvalue weighted by molar-refractivity contribution is 5.95. The number of anilines is 2. The van der Waals surface area contributed by atoms with Crippen molar-refractivity contribution in [2.24, 2.45) is 5.73 Å². The van der Waals surface area contributed by atoms with Crippen LogP contribution >= 0.6 is 0 Å². The Bertz CT molecular complexity index is 1680. The Morgan fingerprint density at radius 3 is 2.06 bits per heavy atom. The molecule has 21 heteroatoms. The molecule has 0 unspecified atom stereocenters. The van der Waals surface area contributed by atoms with Gasteiger partial charge in [-0.3, -0.25) is 24.4 Å². The first-order chi connectivity index (χ1) is 23.7. The van der Waals surface area contributed by atoms with Crippen LogP contribution in [0.15, 0.2) is 53.5 Å². The van der Waals surface area contributed by atoms with Crippen LogP contribution in [0.2, 0.25) is 0 Å². The van der Waals surface area contributed by atoms with E-state index in [-0.39, 0.29) is 49.4 Å². The van der Waals surface area contributed by atoms with E-state index in [0.29, 0.717) is 22.5 Å². The van der Waals surface area contributed by atoms with E-state index in [1.54, 1.807) is 43.3 Å². The average molecular weight is 736 g/mol. The van der Waals surface area contributed by atoms with E-state index in [1.165, 1.54) is 16.8 Å². The van der Waals surface area contributed by atoms with Crippen molar-refractivity contribution in [3.63, 3.8) is 0 Å². The van der Waals surface area contributed by atoms with Crippen LogP contribution in [0.1, 0.15) is 42.3 Å². The molecule has 0 atom stereocenters. The van der Waals surface area contributed by atoms with Crippen molar-refractivity contribution in [1.29, 1.82) is 5.41 Å². The molecule has 1 heterocycles. The van der Waals surface area contributed by atoms with Crippen molar-refractivity contribution in [2.45, 2.75) is 52.8 Å². The highest BCUT2D eigenvalue weighted by Crippen LogP contribution is 2.24. The zero-order valence-corrected chi connectivity index (χ0v) is 27.1. The third-order valence-corrected chi connectivity index (χ3v) is 5.54. The van der Waals surface area contributed by atoms with Crippen LogP contribution in [0.3, 0.4) is 0 Å². The molecular weight excluding hydrogens is 700 g/mol. The number of amidine groups is 1. The molecule has 0 radical (unpaired) electrons. The quantitative estimate of drug-likeness (QED) is 0.0394. The number of hydrogen-bond donors (Lipinski definition) is 7. The van der Waals surface area contributed by atoms with Gasteiger partial charge in [-0.1, -0.05) is 24.3 Å². The number of hydrogen-bond acceptors (Lipinski definition) is 10. The van der Waals surface area contributed by atoms with Crippen molar-refractivity contribution < 1.29 is 60.5 Å². The number of nitrogens with zero attached hydrogens (tertiary/aromatic N) is 2. The van der Waals surface area contributed by atoms with Gasteiger partial charge in [-0.25, -0.2) is 14.6 Å². The fourth-order valence-electron chi connectivity index (χ4n) is 3.58. The Morgan fingerprint density at radius 2 is 1.61 bits per heavy atom. The predicted molar refractivity (Wildman–Crippen MR) is 172 cm³/mol. The highest BCUT2D eigenvalue weighted by Gasteiger charge is 2.38. The van der Waals surface area contributed by atoms with Gasteiger partial charge in [0.2, 0.25) is 5.91 Å². The lowest BCUT2D eigenvalue weighted by Gasteiger charge is -2.17. The van der Waals surface area contributed by atoms with Crippen molar-refractivity contribution >= 4 is 41.7 Å².